The summed E-state index contributed by atoms with van der Waals surface area (Å²) in [5.74, 6) is 0.0732. The molecule has 1 amide bonds. The number of alkyl halides is 3. The average Bonchev–Trinajstić information content (AvgIpc) is 3.15. The van der Waals surface area contributed by atoms with Crippen LogP contribution in [0, 0.1) is 5.92 Å². The molecular formula is C23H30F3N3O3. The number of nitrogens with zero attached hydrogens (tertiary/aromatic N) is 1. The summed E-state index contributed by atoms with van der Waals surface area (Å²) in [7, 11) is 0. The van der Waals surface area contributed by atoms with Crippen LogP contribution in [0.15, 0.2) is 28.8 Å². The molecule has 1 aliphatic rings. The summed E-state index contributed by atoms with van der Waals surface area (Å²) in [6, 6.07) is 4.56. The van der Waals surface area contributed by atoms with E-state index in [0.29, 0.717) is 17.5 Å². The highest BCUT2D eigenvalue weighted by molar-refractivity contribution is 5.95. The highest BCUT2D eigenvalue weighted by Crippen LogP contribution is 2.33. The van der Waals surface area contributed by atoms with E-state index in [1.807, 2.05) is 20.8 Å². The lowest BCUT2D eigenvalue weighted by molar-refractivity contribution is -0.137. The van der Waals surface area contributed by atoms with Crippen LogP contribution in [0.2, 0.25) is 0 Å². The van der Waals surface area contributed by atoms with E-state index in [2.05, 4.69) is 15.8 Å². The first kappa shape index (κ1) is 24.3. The molecule has 3 N–H and O–H groups in total. The van der Waals surface area contributed by atoms with Gasteiger partial charge in [0.25, 0.3) is 5.91 Å². The van der Waals surface area contributed by atoms with Crippen LogP contribution in [0.4, 0.5) is 13.2 Å². The van der Waals surface area contributed by atoms with Crippen molar-refractivity contribution in [2.24, 2.45) is 5.92 Å². The number of aliphatic hydroxyl groups is 1. The number of amides is 1. The van der Waals surface area contributed by atoms with Gasteiger partial charge in [0.05, 0.1) is 11.7 Å². The third-order valence-electron chi connectivity index (χ3n) is 6.05. The molecule has 1 aromatic heterocycles. The molecule has 176 valence electrons. The van der Waals surface area contributed by atoms with Gasteiger partial charge in [-0.15, -0.1) is 0 Å². The fourth-order valence-corrected chi connectivity index (χ4v) is 3.73. The Bertz CT molecular complexity index is 909. The number of hydrogen-bond acceptors (Lipinski definition) is 5. The molecule has 1 aromatic carbocycles. The van der Waals surface area contributed by atoms with Gasteiger partial charge >= 0.3 is 6.18 Å². The zero-order chi connectivity index (χ0) is 23.5. The average molecular weight is 454 g/mol. The van der Waals surface area contributed by atoms with E-state index >= 15 is 0 Å². The molecule has 32 heavy (non-hydrogen) atoms. The van der Waals surface area contributed by atoms with Crippen LogP contribution in [0.3, 0.4) is 0 Å². The Morgan fingerprint density at radius 1 is 1.22 bits per heavy atom. The molecule has 0 bridgehead atoms. The fraction of sp³-hybridized carbons (Fsp3) is 0.565. The molecule has 0 spiro atoms. The SMILES string of the molecule is CC(C)C(C)NC(=O)c1noc(-c2ccc(C(F)(F)F)cc2)c1CNC1CCCC(O)C1. The summed E-state index contributed by atoms with van der Waals surface area (Å²) in [4.78, 5) is 12.9. The van der Waals surface area contributed by atoms with Crippen LogP contribution in [0.5, 0.6) is 0 Å². The van der Waals surface area contributed by atoms with E-state index in [0.717, 1.165) is 31.4 Å². The number of rotatable bonds is 7. The molecule has 3 unspecified atom stereocenters. The summed E-state index contributed by atoms with van der Waals surface area (Å²) >= 11 is 0. The number of carbonyl (C=O) groups is 1. The quantitative estimate of drug-likeness (QED) is 0.574. The zero-order valence-corrected chi connectivity index (χ0v) is 18.5. The van der Waals surface area contributed by atoms with Crippen LogP contribution in [-0.2, 0) is 12.7 Å². The van der Waals surface area contributed by atoms with Crippen LogP contribution >= 0.6 is 0 Å². The molecular weight excluding hydrogens is 423 g/mol. The van der Waals surface area contributed by atoms with Crippen molar-refractivity contribution in [3.05, 3.63) is 41.1 Å². The third kappa shape index (κ3) is 5.89. The second-order valence-corrected chi connectivity index (χ2v) is 8.82. The van der Waals surface area contributed by atoms with Gasteiger partial charge in [0.15, 0.2) is 11.5 Å². The van der Waals surface area contributed by atoms with Crippen molar-refractivity contribution in [2.75, 3.05) is 0 Å². The van der Waals surface area contributed by atoms with Crippen molar-refractivity contribution in [3.8, 4) is 11.3 Å². The Balaban J connectivity index is 1.88. The number of aromatic nitrogens is 1. The topological polar surface area (TPSA) is 87.4 Å². The monoisotopic (exact) mass is 453 g/mol. The molecule has 1 aliphatic carbocycles. The Morgan fingerprint density at radius 3 is 2.50 bits per heavy atom. The Kier molecular flexibility index (Phi) is 7.61. The highest BCUT2D eigenvalue weighted by Gasteiger charge is 2.31. The first-order chi connectivity index (χ1) is 15.1. The Labute approximate surface area is 185 Å². The minimum atomic E-state index is -4.44. The van der Waals surface area contributed by atoms with Gasteiger partial charge in [-0.3, -0.25) is 4.79 Å². The third-order valence-corrected chi connectivity index (χ3v) is 6.05. The molecule has 6 nitrogen and oxygen atoms in total. The molecule has 0 saturated heterocycles. The second-order valence-electron chi connectivity index (χ2n) is 8.82. The van der Waals surface area contributed by atoms with E-state index in [4.69, 9.17) is 4.52 Å². The molecule has 9 heteroatoms. The lowest BCUT2D eigenvalue weighted by atomic mass is 9.92. The number of aliphatic hydroxyl groups excluding tert-OH is 1. The minimum absolute atomic E-state index is 0.0691. The van der Waals surface area contributed by atoms with Crippen LogP contribution in [-0.4, -0.2) is 34.4 Å². The minimum Gasteiger partial charge on any atom is -0.393 e. The predicted molar refractivity (Wildman–Crippen MR) is 114 cm³/mol. The lowest BCUT2D eigenvalue weighted by Gasteiger charge is -2.26. The number of nitrogens with one attached hydrogen (secondary N) is 2. The van der Waals surface area contributed by atoms with E-state index < -0.39 is 17.6 Å². The molecule has 1 heterocycles. The first-order valence-electron chi connectivity index (χ1n) is 10.9. The number of hydrogen-bond donors (Lipinski definition) is 3. The summed E-state index contributed by atoms with van der Waals surface area (Å²) in [6.07, 6.45) is -1.65. The van der Waals surface area contributed by atoms with Gasteiger partial charge in [-0.1, -0.05) is 31.1 Å². The summed E-state index contributed by atoms with van der Waals surface area (Å²) < 4.78 is 44.3. The second kappa shape index (κ2) is 10.0. The van der Waals surface area contributed by atoms with Gasteiger partial charge in [0.1, 0.15) is 0 Å². The van der Waals surface area contributed by atoms with Gasteiger partial charge in [0, 0.05) is 29.8 Å². The molecule has 1 fully saturated rings. The highest BCUT2D eigenvalue weighted by atomic mass is 19.4. The Morgan fingerprint density at radius 2 is 1.91 bits per heavy atom. The van der Waals surface area contributed by atoms with Crippen molar-refractivity contribution < 1.29 is 27.6 Å². The molecule has 1 saturated carbocycles. The van der Waals surface area contributed by atoms with Crippen LogP contribution in [0.1, 0.15) is 68.1 Å². The van der Waals surface area contributed by atoms with Gasteiger partial charge in [-0.2, -0.15) is 13.2 Å². The molecule has 0 aliphatic heterocycles. The molecule has 0 radical (unpaired) electrons. The fourth-order valence-electron chi connectivity index (χ4n) is 3.73. The summed E-state index contributed by atoms with van der Waals surface area (Å²) in [5, 5.41) is 20.1. The smallest absolute Gasteiger partial charge is 0.393 e. The summed E-state index contributed by atoms with van der Waals surface area (Å²) in [6.45, 7) is 6.10. The molecule has 3 atom stereocenters. The van der Waals surface area contributed by atoms with Crippen LogP contribution < -0.4 is 10.6 Å². The van der Waals surface area contributed by atoms with Crippen molar-refractivity contribution in [1.82, 2.24) is 15.8 Å². The number of carbonyl (C=O) groups excluding carboxylic acids is 1. The number of halogens is 3. The number of benzene rings is 1. The largest absolute Gasteiger partial charge is 0.416 e. The van der Waals surface area contributed by atoms with E-state index in [-0.39, 0.29) is 42.1 Å². The lowest BCUT2D eigenvalue weighted by Crippen LogP contribution is -2.38. The summed E-state index contributed by atoms with van der Waals surface area (Å²) in [5.41, 5.74) is 0.233. The first-order valence-corrected chi connectivity index (χ1v) is 10.9. The van der Waals surface area contributed by atoms with Crippen LogP contribution in [0.25, 0.3) is 11.3 Å². The predicted octanol–water partition coefficient (Wildman–Crippen LogP) is 4.53. The van der Waals surface area contributed by atoms with Crippen molar-refractivity contribution in [1.29, 1.82) is 0 Å². The maximum atomic E-state index is 12.9. The zero-order valence-electron chi connectivity index (χ0n) is 18.5. The van der Waals surface area contributed by atoms with Crippen molar-refractivity contribution in [2.45, 2.75) is 77.4 Å². The van der Waals surface area contributed by atoms with Crippen molar-refractivity contribution >= 4 is 5.91 Å². The van der Waals surface area contributed by atoms with Gasteiger partial charge in [0.2, 0.25) is 0 Å². The van der Waals surface area contributed by atoms with Gasteiger partial charge < -0.3 is 20.3 Å². The van der Waals surface area contributed by atoms with Crippen molar-refractivity contribution in [3.63, 3.8) is 0 Å². The molecule has 2 aromatic rings. The van der Waals surface area contributed by atoms with E-state index in [9.17, 15) is 23.1 Å². The Hall–Kier alpha value is -2.39. The molecule has 3 rings (SSSR count). The maximum Gasteiger partial charge on any atom is 0.416 e. The van der Waals surface area contributed by atoms with E-state index in [1.165, 1.54) is 12.1 Å². The maximum absolute atomic E-state index is 12.9. The van der Waals surface area contributed by atoms with E-state index in [1.54, 1.807) is 0 Å². The van der Waals surface area contributed by atoms with Gasteiger partial charge in [-0.25, -0.2) is 0 Å². The van der Waals surface area contributed by atoms with Gasteiger partial charge in [-0.05, 0) is 50.7 Å². The normalized spacial score (nSPS) is 20.4. The standard InChI is InChI=1S/C23H30F3N3O3/c1-13(2)14(3)28-22(31)20-19(12-27-17-5-4-6-18(30)11-17)21(32-29-20)15-7-9-16(10-8-15)23(24,25)26/h7-10,13-14,17-18,27,30H,4-6,11-12H2,1-3H3,(H,28,31).